The van der Waals surface area contributed by atoms with Crippen LogP contribution in [0.5, 0.6) is 0 Å². The highest BCUT2D eigenvalue weighted by Crippen LogP contribution is 2.51. The Bertz CT molecular complexity index is 3810. The standard InChI is InChI=1S/C60H39NOS2/c1-3-4-16-38(2)43-33-50(41-21-12-7-13-22-41)59-52(34-43)47-29-26-45(37-54(47)62-59)61(44-27-32-56-51(36-44)48-23-14-15-24-55(48)63-56)53-31-30-46(40-19-10-6-11-20-40)60-58(53)49-28-25-42(35-57(49)64-60)39-17-8-5-9-18-39/h3-37H,1-2H2/b16-4-. The second kappa shape index (κ2) is 15.5. The zero-order valence-corrected chi connectivity index (χ0v) is 36.4. The van der Waals surface area contributed by atoms with Crippen molar-refractivity contribution < 1.29 is 4.42 Å². The molecule has 0 spiro atoms. The van der Waals surface area contributed by atoms with Crippen molar-refractivity contribution in [1.29, 1.82) is 0 Å². The van der Waals surface area contributed by atoms with Gasteiger partial charge in [0, 0.05) is 74.1 Å². The number of hydrogen-bond acceptors (Lipinski definition) is 4. The lowest BCUT2D eigenvalue weighted by Crippen LogP contribution is -2.10. The molecule has 0 N–H and O–H groups in total. The quantitative estimate of drug-likeness (QED) is 0.135. The number of nitrogens with zero attached hydrogens (tertiary/aromatic N) is 1. The van der Waals surface area contributed by atoms with E-state index in [1.165, 1.54) is 62.6 Å². The van der Waals surface area contributed by atoms with Crippen molar-refractivity contribution in [2.75, 3.05) is 4.90 Å². The Morgan fingerprint density at radius 3 is 1.94 bits per heavy atom. The summed E-state index contributed by atoms with van der Waals surface area (Å²) in [4.78, 5) is 2.44. The summed E-state index contributed by atoms with van der Waals surface area (Å²) in [6.07, 6.45) is 5.72. The molecule has 12 aromatic rings. The monoisotopic (exact) mass is 853 g/mol. The summed E-state index contributed by atoms with van der Waals surface area (Å²) in [5.41, 5.74) is 13.8. The fourth-order valence-electron chi connectivity index (χ4n) is 9.29. The molecule has 2 nitrogen and oxygen atoms in total. The maximum absolute atomic E-state index is 7.02. The van der Waals surface area contributed by atoms with Gasteiger partial charge in [-0.15, -0.1) is 22.7 Å². The third-order valence-electron chi connectivity index (χ3n) is 12.4. The van der Waals surface area contributed by atoms with E-state index in [2.05, 4.69) is 206 Å². The van der Waals surface area contributed by atoms with E-state index in [1.807, 2.05) is 40.9 Å². The van der Waals surface area contributed by atoms with Gasteiger partial charge in [0.05, 0.1) is 5.69 Å². The molecular weight excluding hydrogens is 815 g/mol. The predicted octanol–water partition coefficient (Wildman–Crippen LogP) is 18.5. The molecule has 0 radical (unpaired) electrons. The molecule has 9 aromatic carbocycles. The first-order chi connectivity index (χ1) is 31.6. The first-order valence-electron chi connectivity index (χ1n) is 21.5. The van der Waals surface area contributed by atoms with Crippen molar-refractivity contribution in [3.05, 3.63) is 231 Å². The van der Waals surface area contributed by atoms with E-state index in [0.29, 0.717) is 0 Å². The summed E-state index contributed by atoms with van der Waals surface area (Å²) in [5.74, 6) is 0. The average Bonchev–Trinajstić information content (AvgIpc) is 4.05. The highest BCUT2D eigenvalue weighted by molar-refractivity contribution is 7.26. The number of hydrogen-bond donors (Lipinski definition) is 0. The molecule has 3 heterocycles. The SMILES string of the molecule is C=C/C=C\C(=C)c1cc(-c2ccccc2)c2oc3cc(N(c4ccc5sc6ccccc6c5c4)c4ccc(-c5ccccc5)c5sc6cc(-c7ccccc7)ccc6c45)ccc3c2c1. The number of thiophene rings is 2. The lowest BCUT2D eigenvalue weighted by Gasteiger charge is -2.27. The Kier molecular flexibility index (Phi) is 9.22. The van der Waals surface area contributed by atoms with Crippen molar-refractivity contribution in [2.45, 2.75) is 0 Å². The van der Waals surface area contributed by atoms with Gasteiger partial charge in [-0.2, -0.15) is 0 Å². The van der Waals surface area contributed by atoms with E-state index in [-0.39, 0.29) is 0 Å². The average molecular weight is 854 g/mol. The molecular formula is C60H39NOS2. The molecule has 3 aromatic heterocycles. The Hall–Kier alpha value is -7.76. The van der Waals surface area contributed by atoms with Gasteiger partial charge in [0.2, 0.25) is 0 Å². The zero-order chi connectivity index (χ0) is 42.7. The Labute approximate surface area is 379 Å². The third kappa shape index (κ3) is 6.38. The molecule has 0 atom stereocenters. The van der Waals surface area contributed by atoms with Crippen LogP contribution in [0.15, 0.2) is 230 Å². The van der Waals surface area contributed by atoms with Gasteiger partial charge < -0.3 is 9.32 Å². The van der Waals surface area contributed by atoms with E-state index in [1.54, 1.807) is 6.08 Å². The second-order valence-corrected chi connectivity index (χ2v) is 18.3. The summed E-state index contributed by atoms with van der Waals surface area (Å²) in [6.45, 7) is 8.31. The second-order valence-electron chi connectivity index (χ2n) is 16.2. The highest BCUT2D eigenvalue weighted by Gasteiger charge is 2.24. The van der Waals surface area contributed by atoms with Crippen LogP contribution < -0.4 is 4.90 Å². The van der Waals surface area contributed by atoms with Gasteiger partial charge in [-0.25, -0.2) is 0 Å². The normalized spacial score (nSPS) is 11.8. The lowest BCUT2D eigenvalue weighted by molar-refractivity contribution is 0.670. The van der Waals surface area contributed by atoms with Crippen LogP contribution >= 0.6 is 22.7 Å². The van der Waals surface area contributed by atoms with E-state index in [9.17, 15) is 0 Å². The molecule has 12 rings (SSSR count). The van der Waals surface area contributed by atoms with Crippen LogP contribution in [0.25, 0.3) is 101 Å². The van der Waals surface area contributed by atoms with Crippen molar-refractivity contribution in [3.63, 3.8) is 0 Å². The van der Waals surface area contributed by atoms with E-state index in [0.717, 1.165) is 61.3 Å². The maximum atomic E-state index is 7.02. The van der Waals surface area contributed by atoms with Crippen LogP contribution in [0.3, 0.4) is 0 Å². The van der Waals surface area contributed by atoms with Crippen LogP contribution in [0.1, 0.15) is 5.56 Å². The Morgan fingerprint density at radius 1 is 0.484 bits per heavy atom. The molecule has 0 aliphatic rings. The van der Waals surface area contributed by atoms with E-state index in [4.69, 9.17) is 4.42 Å². The summed E-state index contributed by atoms with van der Waals surface area (Å²) in [5, 5.41) is 7.08. The summed E-state index contributed by atoms with van der Waals surface area (Å²) in [6, 6.07) is 70.4. The molecule has 0 saturated carbocycles. The molecule has 0 saturated heterocycles. The van der Waals surface area contributed by atoms with Gasteiger partial charge in [-0.05, 0) is 99.6 Å². The van der Waals surface area contributed by atoms with Crippen molar-refractivity contribution in [3.8, 4) is 33.4 Å². The largest absolute Gasteiger partial charge is 0.455 e. The molecule has 302 valence electrons. The number of anilines is 3. The third-order valence-corrected chi connectivity index (χ3v) is 14.7. The molecule has 0 bridgehead atoms. The minimum Gasteiger partial charge on any atom is -0.455 e. The van der Waals surface area contributed by atoms with Crippen molar-refractivity contribution in [2.24, 2.45) is 0 Å². The van der Waals surface area contributed by atoms with Gasteiger partial charge in [0.15, 0.2) is 0 Å². The summed E-state index contributed by atoms with van der Waals surface area (Å²) < 4.78 is 12.1. The van der Waals surface area contributed by atoms with Gasteiger partial charge in [0.1, 0.15) is 11.2 Å². The van der Waals surface area contributed by atoms with Crippen molar-refractivity contribution >= 4 is 108 Å². The smallest absolute Gasteiger partial charge is 0.143 e. The van der Waals surface area contributed by atoms with Gasteiger partial charge in [-0.3, -0.25) is 0 Å². The van der Waals surface area contributed by atoms with Crippen LogP contribution in [0.4, 0.5) is 17.1 Å². The van der Waals surface area contributed by atoms with Crippen LogP contribution in [-0.2, 0) is 0 Å². The fourth-order valence-corrected chi connectivity index (χ4v) is 11.7. The molecule has 0 aliphatic heterocycles. The first-order valence-corrected chi connectivity index (χ1v) is 23.1. The lowest BCUT2D eigenvalue weighted by atomic mass is 9.96. The van der Waals surface area contributed by atoms with Crippen molar-refractivity contribution in [1.82, 2.24) is 0 Å². The van der Waals surface area contributed by atoms with Gasteiger partial charge in [-0.1, -0.05) is 159 Å². The van der Waals surface area contributed by atoms with Crippen LogP contribution in [0.2, 0.25) is 0 Å². The molecule has 0 unspecified atom stereocenters. The minimum absolute atomic E-state index is 0.820. The minimum atomic E-state index is 0.820. The fraction of sp³-hybridized carbons (Fsp3) is 0. The summed E-state index contributed by atoms with van der Waals surface area (Å²) >= 11 is 3.71. The first kappa shape index (κ1) is 38.0. The van der Waals surface area contributed by atoms with Crippen LogP contribution in [0, 0.1) is 0 Å². The Morgan fingerprint density at radius 2 is 1.16 bits per heavy atom. The van der Waals surface area contributed by atoms with E-state index < -0.39 is 0 Å². The predicted molar refractivity (Wildman–Crippen MR) is 279 cm³/mol. The van der Waals surface area contributed by atoms with Gasteiger partial charge >= 0.3 is 0 Å². The number of furan rings is 1. The number of allylic oxidation sites excluding steroid dienone is 4. The summed E-state index contributed by atoms with van der Waals surface area (Å²) in [7, 11) is 0. The van der Waals surface area contributed by atoms with Gasteiger partial charge in [0.25, 0.3) is 0 Å². The maximum Gasteiger partial charge on any atom is 0.143 e. The Balaban J connectivity index is 1.13. The molecule has 0 amide bonds. The topological polar surface area (TPSA) is 16.4 Å². The molecule has 0 aliphatic carbocycles. The zero-order valence-electron chi connectivity index (χ0n) is 34.8. The number of rotatable bonds is 9. The highest BCUT2D eigenvalue weighted by atomic mass is 32.1. The molecule has 4 heteroatoms. The number of fused-ring (bicyclic) bond motifs is 9. The van der Waals surface area contributed by atoms with Crippen LogP contribution in [-0.4, -0.2) is 0 Å². The van der Waals surface area contributed by atoms with E-state index >= 15 is 0 Å². The molecule has 64 heavy (non-hydrogen) atoms. The number of benzene rings is 9. The molecule has 0 fully saturated rings.